The standard InChI is InChI=1S/C25H29N3O5/c1-15(2)11-13-26-20(29)12-14-27-23-17-9-10-19(32-3)22(33-4)21(17)25(31)28(23)18-8-6-5-7-16(18)24(27)30/h5-10,15,23H,11-14H2,1-4H3,(H,26,29)/t23-/m0/s1. The Kier molecular flexibility index (Phi) is 6.26. The molecule has 2 heterocycles. The van der Waals surface area contributed by atoms with Crippen LogP contribution in [-0.4, -0.2) is 49.9 Å². The predicted octanol–water partition coefficient (Wildman–Crippen LogP) is 3.37. The highest BCUT2D eigenvalue weighted by Gasteiger charge is 2.49. The second kappa shape index (κ2) is 9.13. The van der Waals surface area contributed by atoms with Crippen molar-refractivity contribution in [2.75, 3.05) is 32.2 Å². The topological polar surface area (TPSA) is 88.2 Å². The molecule has 1 atom stereocenters. The van der Waals surface area contributed by atoms with Crippen molar-refractivity contribution in [3.8, 4) is 11.5 Å². The van der Waals surface area contributed by atoms with Gasteiger partial charge in [-0.3, -0.25) is 19.3 Å². The number of methoxy groups -OCH3 is 2. The molecule has 2 aromatic rings. The van der Waals surface area contributed by atoms with Gasteiger partial charge >= 0.3 is 0 Å². The van der Waals surface area contributed by atoms with Crippen LogP contribution in [0.15, 0.2) is 36.4 Å². The van der Waals surface area contributed by atoms with Crippen LogP contribution in [0.4, 0.5) is 5.69 Å². The Balaban J connectivity index is 1.70. The summed E-state index contributed by atoms with van der Waals surface area (Å²) in [4.78, 5) is 42.7. The zero-order valence-corrected chi connectivity index (χ0v) is 19.4. The molecule has 0 fully saturated rings. The summed E-state index contributed by atoms with van der Waals surface area (Å²) in [7, 11) is 3.00. The van der Waals surface area contributed by atoms with E-state index in [2.05, 4.69) is 19.2 Å². The smallest absolute Gasteiger partial charge is 0.264 e. The largest absolute Gasteiger partial charge is 0.493 e. The van der Waals surface area contributed by atoms with Crippen LogP contribution in [0.5, 0.6) is 11.5 Å². The lowest BCUT2D eigenvalue weighted by atomic mass is 10.0. The van der Waals surface area contributed by atoms with Crippen molar-refractivity contribution in [2.45, 2.75) is 32.9 Å². The summed E-state index contributed by atoms with van der Waals surface area (Å²) >= 11 is 0. The Hall–Kier alpha value is -3.55. The lowest BCUT2D eigenvalue weighted by Crippen LogP contribution is -2.49. The molecule has 0 bridgehead atoms. The minimum Gasteiger partial charge on any atom is -0.493 e. The highest BCUT2D eigenvalue weighted by atomic mass is 16.5. The zero-order valence-electron chi connectivity index (χ0n) is 19.4. The Labute approximate surface area is 193 Å². The Bertz CT molecular complexity index is 1100. The summed E-state index contributed by atoms with van der Waals surface area (Å²) in [6, 6.07) is 10.6. The Morgan fingerprint density at radius 1 is 1.06 bits per heavy atom. The van der Waals surface area contributed by atoms with E-state index in [1.807, 2.05) is 0 Å². The minimum absolute atomic E-state index is 0.120. The number of rotatable bonds is 8. The van der Waals surface area contributed by atoms with Crippen LogP contribution in [0.1, 0.15) is 59.1 Å². The second-order valence-electron chi connectivity index (χ2n) is 8.61. The van der Waals surface area contributed by atoms with Gasteiger partial charge in [0.05, 0.1) is 31.0 Å². The van der Waals surface area contributed by atoms with E-state index < -0.39 is 6.17 Å². The van der Waals surface area contributed by atoms with E-state index in [1.165, 1.54) is 14.2 Å². The van der Waals surface area contributed by atoms with Crippen molar-refractivity contribution in [1.82, 2.24) is 10.2 Å². The first-order valence-corrected chi connectivity index (χ1v) is 11.1. The van der Waals surface area contributed by atoms with Crippen LogP contribution in [0.3, 0.4) is 0 Å². The number of carbonyl (C=O) groups excluding carboxylic acids is 3. The van der Waals surface area contributed by atoms with Crippen molar-refractivity contribution in [2.24, 2.45) is 5.92 Å². The monoisotopic (exact) mass is 451 g/mol. The molecule has 2 aromatic carbocycles. The summed E-state index contributed by atoms with van der Waals surface area (Å²) in [6.07, 6.45) is 0.382. The fourth-order valence-corrected chi connectivity index (χ4v) is 4.46. The molecule has 3 amide bonds. The molecule has 0 saturated heterocycles. The molecule has 0 unspecified atom stereocenters. The van der Waals surface area contributed by atoms with Crippen molar-refractivity contribution in [1.29, 1.82) is 0 Å². The van der Waals surface area contributed by atoms with Crippen LogP contribution >= 0.6 is 0 Å². The highest BCUT2D eigenvalue weighted by molar-refractivity contribution is 6.18. The van der Waals surface area contributed by atoms with Crippen molar-refractivity contribution < 1.29 is 23.9 Å². The van der Waals surface area contributed by atoms with Crippen molar-refractivity contribution >= 4 is 23.4 Å². The van der Waals surface area contributed by atoms with Crippen LogP contribution in [-0.2, 0) is 4.79 Å². The summed E-state index contributed by atoms with van der Waals surface area (Å²) in [6.45, 7) is 4.98. The molecular formula is C25H29N3O5. The zero-order chi connectivity index (χ0) is 23.7. The van der Waals surface area contributed by atoms with Gasteiger partial charge in [-0.2, -0.15) is 0 Å². The number of nitrogens with zero attached hydrogens (tertiary/aromatic N) is 2. The third kappa shape index (κ3) is 3.90. The fraction of sp³-hybridized carbons (Fsp3) is 0.400. The number of fused-ring (bicyclic) bond motifs is 5. The van der Waals surface area contributed by atoms with Gasteiger partial charge in [-0.1, -0.05) is 32.0 Å². The van der Waals surface area contributed by atoms with E-state index in [4.69, 9.17) is 9.47 Å². The van der Waals surface area contributed by atoms with Crippen molar-refractivity contribution in [3.05, 3.63) is 53.1 Å². The van der Waals surface area contributed by atoms with Crippen LogP contribution < -0.4 is 19.7 Å². The number of hydrogen-bond donors (Lipinski definition) is 1. The van der Waals surface area contributed by atoms with Crippen LogP contribution in [0, 0.1) is 5.92 Å². The number of ether oxygens (including phenoxy) is 2. The minimum atomic E-state index is -0.654. The summed E-state index contributed by atoms with van der Waals surface area (Å²) in [5.74, 6) is 0.679. The SMILES string of the molecule is COc1ccc2c(c1OC)C(=O)N1c3ccccc3C(=O)N(CCC(=O)NCCC(C)C)[C@H]21. The summed E-state index contributed by atoms with van der Waals surface area (Å²) in [5.41, 5.74) is 2.01. The van der Waals surface area contributed by atoms with Gasteiger partial charge in [-0.05, 0) is 30.5 Å². The van der Waals surface area contributed by atoms with E-state index in [-0.39, 0.29) is 30.7 Å². The average Bonchev–Trinajstić information content (AvgIpc) is 3.10. The maximum absolute atomic E-state index is 13.6. The number of benzene rings is 2. The predicted molar refractivity (Wildman–Crippen MR) is 124 cm³/mol. The molecule has 2 aliphatic heterocycles. The van der Waals surface area contributed by atoms with Gasteiger partial charge in [0.25, 0.3) is 11.8 Å². The molecule has 0 radical (unpaired) electrons. The maximum Gasteiger partial charge on any atom is 0.264 e. The van der Waals surface area contributed by atoms with Gasteiger partial charge < -0.3 is 19.7 Å². The molecule has 174 valence electrons. The lowest BCUT2D eigenvalue weighted by Gasteiger charge is -2.40. The highest BCUT2D eigenvalue weighted by Crippen LogP contribution is 2.49. The first-order chi connectivity index (χ1) is 15.9. The first-order valence-electron chi connectivity index (χ1n) is 11.1. The molecule has 0 saturated carbocycles. The Morgan fingerprint density at radius 3 is 2.52 bits per heavy atom. The average molecular weight is 452 g/mol. The molecule has 1 N–H and O–H groups in total. The lowest BCUT2D eigenvalue weighted by molar-refractivity contribution is -0.121. The van der Waals surface area contributed by atoms with E-state index in [1.54, 1.807) is 46.2 Å². The van der Waals surface area contributed by atoms with Gasteiger partial charge in [0, 0.05) is 25.1 Å². The Morgan fingerprint density at radius 2 is 1.82 bits per heavy atom. The van der Waals surface area contributed by atoms with E-state index >= 15 is 0 Å². The van der Waals surface area contributed by atoms with Gasteiger partial charge in [0.15, 0.2) is 11.5 Å². The fourth-order valence-electron chi connectivity index (χ4n) is 4.46. The van der Waals surface area contributed by atoms with Crippen LogP contribution in [0.25, 0.3) is 0 Å². The van der Waals surface area contributed by atoms with Gasteiger partial charge in [0.1, 0.15) is 6.17 Å². The summed E-state index contributed by atoms with van der Waals surface area (Å²) < 4.78 is 10.9. The first kappa shape index (κ1) is 22.6. The second-order valence-corrected chi connectivity index (χ2v) is 8.61. The van der Waals surface area contributed by atoms with Gasteiger partial charge in [-0.15, -0.1) is 0 Å². The maximum atomic E-state index is 13.6. The third-order valence-electron chi connectivity index (χ3n) is 6.11. The normalized spacial score (nSPS) is 16.5. The van der Waals surface area contributed by atoms with E-state index in [0.717, 1.165) is 6.42 Å². The third-order valence-corrected chi connectivity index (χ3v) is 6.11. The number of amides is 3. The molecular weight excluding hydrogens is 422 g/mol. The van der Waals surface area contributed by atoms with Gasteiger partial charge in [-0.25, -0.2) is 0 Å². The number of anilines is 1. The molecule has 4 rings (SSSR count). The number of nitrogens with one attached hydrogen (secondary N) is 1. The van der Waals surface area contributed by atoms with Crippen molar-refractivity contribution in [3.63, 3.8) is 0 Å². The number of para-hydroxylation sites is 1. The molecule has 0 aliphatic carbocycles. The van der Waals surface area contributed by atoms with E-state index in [0.29, 0.717) is 46.3 Å². The number of hydrogen-bond acceptors (Lipinski definition) is 5. The van der Waals surface area contributed by atoms with Crippen LogP contribution in [0.2, 0.25) is 0 Å². The molecule has 8 heteroatoms. The molecule has 0 spiro atoms. The molecule has 0 aromatic heterocycles. The quantitative estimate of drug-likeness (QED) is 0.665. The number of carbonyl (C=O) groups is 3. The molecule has 2 aliphatic rings. The van der Waals surface area contributed by atoms with Gasteiger partial charge in [0.2, 0.25) is 5.91 Å². The summed E-state index contributed by atoms with van der Waals surface area (Å²) in [5, 5.41) is 2.91. The van der Waals surface area contributed by atoms with E-state index in [9.17, 15) is 14.4 Å². The molecule has 33 heavy (non-hydrogen) atoms. The molecule has 8 nitrogen and oxygen atoms in total.